The second-order valence-electron chi connectivity index (χ2n) is 3.53. The molecule has 0 aliphatic heterocycles. The second kappa shape index (κ2) is 5.55. The quantitative estimate of drug-likeness (QED) is 0.802. The fourth-order valence-corrected chi connectivity index (χ4v) is 1.62. The second-order valence-corrected chi connectivity index (χ2v) is 3.94. The van der Waals surface area contributed by atoms with Gasteiger partial charge in [-0.15, -0.1) is 0 Å². The van der Waals surface area contributed by atoms with Gasteiger partial charge in [-0.25, -0.2) is 9.78 Å². The molecule has 5 nitrogen and oxygen atoms in total. The molecule has 2 rings (SSSR count). The lowest BCUT2D eigenvalue weighted by Gasteiger charge is -2.04. The lowest BCUT2D eigenvalue weighted by atomic mass is 10.2. The fourth-order valence-electron chi connectivity index (χ4n) is 1.43. The molecule has 0 atom stereocenters. The average molecular weight is 267 g/mol. The zero-order valence-corrected chi connectivity index (χ0v) is 10.4. The minimum absolute atomic E-state index is 0.189. The van der Waals surface area contributed by atoms with Crippen LogP contribution in [-0.2, 0) is 11.3 Å². The zero-order chi connectivity index (χ0) is 13.0. The molecule has 0 saturated heterocycles. The topological polar surface area (TPSA) is 53.4 Å². The maximum atomic E-state index is 10.9. The minimum Gasteiger partial charge on any atom is -0.437 e. The van der Waals surface area contributed by atoms with Crippen LogP contribution in [0.3, 0.4) is 0 Å². The number of aromatic nitrogens is 2. The van der Waals surface area contributed by atoms with E-state index in [0.717, 1.165) is 5.56 Å². The Bertz CT molecular complexity index is 554. The van der Waals surface area contributed by atoms with Crippen LogP contribution in [0.4, 0.5) is 4.79 Å². The summed E-state index contributed by atoms with van der Waals surface area (Å²) in [4.78, 5) is 14.8. The summed E-state index contributed by atoms with van der Waals surface area (Å²) in [6.07, 6.45) is 2.36. The highest BCUT2D eigenvalue weighted by molar-refractivity contribution is 6.31. The summed E-state index contributed by atoms with van der Waals surface area (Å²) in [6, 6.07) is 7.51. The van der Waals surface area contributed by atoms with E-state index in [1.54, 1.807) is 17.1 Å². The number of methoxy groups -OCH3 is 1. The Morgan fingerprint density at radius 2 is 2.22 bits per heavy atom. The van der Waals surface area contributed by atoms with E-state index in [2.05, 4.69) is 9.72 Å². The monoisotopic (exact) mass is 266 g/mol. The maximum Gasteiger partial charge on any atom is 0.514 e. The third-order valence-corrected chi connectivity index (χ3v) is 2.64. The molecule has 0 aliphatic carbocycles. The zero-order valence-electron chi connectivity index (χ0n) is 9.67. The standard InChI is InChI=1S/C12H11ClN2O3/c1-17-12(16)18-11-7-15(8-14-11)6-9-4-2-3-5-10(9)13/h2-5,7-8H,6H2,1H3. The van der Waals surface area contributed by atoms with Crippen molar-refractivity contribution in [3.8, 4) is 5.88 Å². The van der Waals surface area contributed by atoms with Gasteiger partial charge in [0.2, 0.25) is 5.88 Å². The molecule has 0 aliphatic rings. The Balaban J connectivity index is 2.07. The summed E-state index contributed by atoms with van der Waals surface area (Å²) < 4.78 is 10.9. The van der Waals surface area contributed by atoms with Crippen LogP contribution in [0.15, 0.2) is 36.8 Å². The van der Waals surface area contributed by atoms with E-state index >= 15 is 0 Å². The molecule has 0 fully saturated rings. The van der Waals surface area contributed by atoms with Crippen molar-refractivity contribution in [2.24, 2.45) is 0 Å². The fraction of sp³-hybridized carbons (Fsp3) is 0.167. The lowest BCUT2D eigenvalue weighted by molar-refractivity contribution is 0.120. The third-order valence-electron chi connectivity index (χ3n) is 2.27. The van der Waals surface area contributed by atoms with Gasteiger partial charge in [0.25, 0.3) is 0 Å². The van der Waals surface area contributed by atoms with Crippen molar-refractivity contribution < 1.29 is 14.3 Å². The van der Waals surface area contributed by atoms with E-state index in [0.29, 0.717) is 11.6 Å². The highest BCUT2D eigenvalue weighted by Gasteiger charge is 2.07. The average Bonchev–Trinajstić information content (AvgIpc) is 2.79. The first kappa shape index (κ1) is 12.4. The number of halogens is 1. The molecule has 1 aromatic carbocycles. The van der Waals surface area contributed by atoms with Crippen LogP contribution >= 0.6 is 11.6 Å². The highest BCUT2D eigenvalue weighted by Crippen LogP contribution is 2.17. The van der Waals surface area contributed by atoms with E-state index in [-0.39, 0.29) is 5.88 Å². The van der Waals surface area contributed by atoms with Gasteiger partial charge in [0.15, 0.2) is 0 Å². The summed E-state index contributed by atoms with van der Waals surface area (Å²) in [6.45, 7) is 0.553. The predicted octanol–water partition coefficient (Wildman–Crippen LogP) is 2.73. The Labute approximate surface area is 109 Å². The van der Waals surface area contributed by atoms with Crippen LogP contribution in [0.1, 0.15) is 5.56 Å². The van der Waals surface area contributed by atoms with E-state index in [1.807, 2.05) is 24.3 Å². The summed E-state index contributed by atoms with van der Waals surface area (Å²) in [5, 5.41) is 0.682. The first-order valence-corrected chi connectivity index (χ1v) is 5.58. The molecular formula is C12H11ClN2O3. The molecule has 0 bridgehead atoms. The van der Waals surface area contributed by atoms with Gasteiger partial charge in [0, 0.05) is 5.02 Å². The number of hydrogen-bond donors (Lipinski definition) is 0. The third kappa shape index (κ3) is 3.01. The van der Waals surface area contributed by atoms with Crippen molar-refractivity contribution in [1.82, 2.24) is 9.55 Å². The molecule has 0 unspecified atom stereocenters. The summed E-state index contributed by atoms with van der Waals surface area (Å²) in [5.74, 6) is 0.189. The molecule has 2 aromatic rings. The van der Waals surface area contributed by atoms with Crippen LogP contribution in [0, 0.1) is 0 Å². The number of carbonyl (C=O) groups excluding carboxylic acids is 1. The predicted molar refractivity (Wildman–Crippen MR) is 65.8 cm³/mol. The van der Waals surface area contributed by atoms with Crippen molar-refractivity contribution in [3.05, 3.63) is 47.4 Å². The number of nitrogens with zero attached hydrogens (tertiary/aromatic N) is 2. The van der Waals surface area contributed by atoms with Crippen molar-refractivity contribution in [2.75, 3.05) is 7.11 Å². The molecule has 0 amide bonds. The van der Waals surface area contributed by atoms with Crippen molar-refractivity contribution in [3.63, 3.8) is 0 Å². The van der Waals surface area contributed by atoms with E-state index in [1.165, 1.54) is 7.11 Å². The molecule has 0 N–H and O–H groups in total. The van der Waals surface area contributed by atoms with Crippen molar-refractivity contribution in [2.45, 2.75) is 6.54 Å². The van der Waals surface area contributed by atoms with Gasteiger partial charge in [-0.1, -0.05) is 29.8 Å². The highest BCUT2D eigenvalue weighted by atomic mass is 35.5. The first-order valence-electron chi connectivity index (χ1n) is 5.20. The normalized spacial score (nSPS) is 10.1. The van der Waals surface area contributed by atoms with Gasteiger partial charge < -0.3 is 14.0 Å². The Morgan fingerprint density at radius 3 is 2.94 bits per heavy atom. The molecule has 1 heterocycles. The molecule has 6 heteroatoms. The van der Waals surface area contributed by atoms with Gasteiger partial charge >= 0.3 is 6.16 Å². The van der Waals surface area contributed by atoms with Crippen LogP contribution in [-0.4, -0.2) is 22.8 Å². The lowest BCUT2D eigenvalue weighted by Crippen LogP contribution is -2.07. The molecule has 0 saturated carbocycles. The van der Waals surface area contributed by atoms with Gasteiger partial charge in [0.1, 0.15) is 0 Å². The summed E-state index contributed by atoms with van der Waals surface area (Å²) >= 11 is 6.05. The molecule has 0 spiro atoms. The van der Waals surface area contributed by atoms with Crippen molar-refractivity contribution >= 4 is 17.8 Å². The SMILES string of the molecule is COC(=O)Oc1cn(Cc2ccccc2Cl)cn1. The van der Waals surface area contributed by atoms with Gasteiger partial charge in [0.05, 0.1) is 26.2 Å². The van der Waals surface area contributed by atoms with Crippen LogP contribution in [0.2, 0.25) is 5.02 Å². The Morgan fingerprint density at radius 1 is 1.44 bits per heavy atom. The summed E-state index contributed by atoms with van der Waals surface area (Å²) in [7, 11) is 1.24. The largest absolute Gasteiger partial charge is 0.514 e. The van der Waals surface area contributed by atoms with E-state index in [4.69, 9.17) is 16.3 Å². The van der Waals surface area contributed by atoms with Crippen molar-refractivity contribution in [1.29, 1.82) is 0 Å². The van der Waals surface area contributed by atoms with Gasteiger partial charge in [-0.2, -0.15) is 0 Å². The van der Waals surface area contributed by atoms with E-state index < -0.39 is 6.16 Å². The Kier molecular flexibility index (Phi) is 3.84. The van der Waals surface area contributed by atoms with Gasteiger partial charge in [-0.05, 0) is 11.6 Å². The summed E-state index contributed by atoms with van der Waals surface area (Å²) in [5.41, 5.74) is 0.959. The number of benzene rings is 1. The smallest absolute Gasteiger partial charge is 0.437 e. The number of imidazole rings is 1. The molecule has 94 valence electrons. The molecular weight excluding hydrogens is 256 g/mol. The van der Waals surface area contributed by atoms with Gasteiger partial charge in [-0.3, -0.25) is 0 Å². The molecule has 1 aromatic heterocycles. The van der Waals surface area contributed by atoms with Crippen LogP contribution in [0.25, 0.3) is 0 Å². The number of carbonyl (C=O) groups is 1. The van der Waals surface area contributed by atoms with Crippen LogP contribution < -0.4 is 4.74 Å². The maximum absolute atomic E-state index is 10.9. The van der Waals surface area contributed by atoms with E-state index in [9.17, 15) is 4.79 Å². The minimum atomic E-state index is -0.794. The van der Waals surface area contributed by atoms with Crippen LogP contribution in [0.5, 0.6) is 5.88 Å². The molecule has 0 radical (unpaired) electrons. The first-order chi connectivity index (χ1) is 8.69. The molecule has 18 heavy (non-hydrogen) atoms. The number of ether oxygens (including phenoxy) is 2. The number of rotatable bonds is 3. The Hall–Kier alpha value is -2.01. The number of hydrogen-bond acceptors (Lipinski definition) is 4.